The second-order valence-electron chi connectivity index (χ2n) is 4.27. The number of hydrogen-bond acceptors (Lipinski definition) is 4. The van der Waals surface area contributed by atoms with Gasteiger partial charge < -0.3 is 10.5 Å². The molecular weight excluding hydrogens is 287 g/mol. The van der Waals surface area contributed by atoms with Crippen molar-refractivity contribution >= 4 is 11.8 Å². The number of nitrogen functional groups attached to an aromatic ring is 1. The molecule has 8 heteroatoms. The zero-order valence-electron chi connectivity index (χ0n) is 11.2. The van der Waals surface area contributed by atoms with Crippen LogP contribution in [0.25, 0.3) is 5.69 Å². The van der Waals surface area contributed by atoms with Gasteiger partial charge in [0.2, 0.25) is 0 Å². The molecule has 0 bridgehead atoms. The maximum atomic E-state index is 12.7. The number of imidazole rings is 1. The molecule has 0 unspecified atom stereocenters. The van der Waals surface area contributed by atoms with E-state index in [1.165, 1.54) is 30.7 Å². The highest BCUT2D eigenvalue weighted by atomic mass is 19.4. The molecule has 1 aromatic heterocycles. The van der Waals surface area contributed by atoms with Crippen LogP contribution in [0.15, 0.2) is 24.3 Å². The van der Waals surface area contributed by atoms with Crippen LogP contribution in [0.5, 0.6) is 0 Å². The number of hydrogen-bond donors (Lipinski definition) is 1. The van der Waals surface area contributed by atoms with Crippen LogP contribution >= 0.6 is 0 Å². The van der Waals surface area contributed by atoms with Gasteiger partial charge in [0.05, 0.1) is 12.7 Å². The Hall–Kier alpha value is -2.51. The van der Waals surface area contributed by atoms with Gasteiger partial charge in [0.25, 0.3) is 0 Å². The summed E-state index contributed by atoms with van der Waals surface area (Å²) < 4.78 is 44.0. The van der Waals surface area contributed by atoms with Crippen LogP contribution in [0.3, 0.4) is 0 Å². The molecule has 0 spiro atoms. The third-order valence-electron chi connectivity index (χ3n) is 2.89. The predicted octanol–water partition coefficient (Wildman–Crippen LogP) is 2.57. The van der Waals surface area contributed by atoms with Crippen molar-refractivity contribution in [2.24, 2.45) is 0 Å². The van der Waals surface area contributed by atoms with E-state index in [2.05, 4.69) is 9.72 Å². The quantitative estimate of drug-likeness (QED) is 0.865. The van der Waals surface area contributed by atoms with Gasteiger partial charge in [-0.25, -0.2) is 9.78 Å². The molecule has 0 amide bonds. The lowest BCUT2D eigenvalue weighted by atomic mass is 10.2. The lowest BCUT2D eigenvalue weighted by Crippen LogP contribution is -2.09. The van der Waals surface area contributed by atoms with Gasteiger partial charge in [-0.15, -0.1) is 0 Å². The summed E-state index contributed by atoms with van der Waals surface area (Å²) in [5.41, 5.74) is 5.01. The van der Waals surface area contributed by atoms with E-state index in [-0.39, 0.29) is 23.0 Å². The highest BCUT2D eigenvalue weighted by Crippen LogP contribution is 2.31. The average Bonchev–Trinajstić information content (AvgIpc) is 2.72. The lowest BCUT2D eigenvalue weighted by molar-refractivity contribution is -0.137. The summed E-state index contributed by atoms with van der Waals surface area (Å²) in [6.45, 7) is 1.53. The number of alkyl halides is 3. The van der Waals surface area contributed by atoms with Crippen molar-refractivity contribution in [2.45, 2.75) is 13.1 Å². The number of ether oxygens (including phenoxy) is 1. The van der Waals surface area contributed by atoms with E-state index < -0.39 is 17.7 Å². The maximum absolute atomic E-state index is 12.7. The molecule has 21 heavy (non-hydrogen) atoms. The number of nitrogens with zero attached hydrogens (tertiary/aromatic N) is 2. The van der Waals surface area contributed by atoms with Crippen molar-refractivity contribution in [2.75, 3.05) is 12.8 Å². The third kappa shape index (κ3) is 2.69. The van der Waals surface area contributed by atoms with Crippen LogP contribution in [0.2, 0.25) is 0 Å². The van der Waals surface area contributed by atoms with Crippen molar-refractivity contribution in [3.05, 3.63) is 41.3 Å². The first-order valence-electron chi connectivity index (χ1n) is 5.86. The minimum Gasteiger partial charge on any atom is -0.464 e. The molecule has 2 rings (SSSR count). The summed E-state index contributed by atoms with van der Waals surface area (Å²) in [7, 11) is 1.17. The van der Waals surface area contributed by atoms with E-state index in [9.17, 15) is 18.0 Å². The highest BCUT2D eigenvalue weighted by Gasteiger charge is 2.31. The normalized spacial score (nSPS) is 11.5. The fourth-order valence-corrected chi connectivity index (χ4v) is 1.94. The molecule has 0 aliphatic carbocycles. The molecule has 0 saturated carbocycles. The standard InChI is InChI=1S/C13H12F3N3O2/c1-7-18-10(12(20)21-2)11(17)19(7)9-5-3-4-8(6-9)13(14,15)16/h3-6H,17H2,1-2H3. The number of aromatic nitrogens is 2. The second-order valence-corrected chi connectivity index (χ2v) is 4.27. The van der Waals surface area contributed by atoms with Gasteiger partial charge >= 0.3 is 12.1 Å². The maximum Gasteiger partial charge on any atom is 0.416 e. The first-order chi connectivity index (χ1) is 9.75. The first-order valence-corrected chi connectivity index (χ1v) is 5.86. The number of carbonyl (C=O) groups excluding carboxylic acids is 1. The number of nitrogens with two attached hydrogens (primary N) is 1. The minimum atomic E-state index is -4.47. The third-order valence-corrected chi connectivity index (χ3v) is 2.89. The molecule has 1 heterocycles. The Balaban J connectivity index is 2.58. The number of aryl methyl sites for hydroxylation is 1. The summed E-state index contributed by atoms with van der Waals surface area (Å²) in [6, 6.07) is 4.59. The number of benzene rings is 1. The molecule has 0 saturated heterocycles. The van der Waals surface area contributed by atoms with Gasteiger partial charge in [-0.2, -0.15) is 13.2 Å². The number of carbonyl (C=O) groups is 1. The summed E-state index contributed by atoms with van der Waals surface area (Å²) in [5, 5.41) is 0. The van der Waals surface area contributed by atoms with E-state index >= 15 is 0 Å². The van der Waals surface area contributed by atoms with Crippen LogP contribution < -0.4 is 5.73 Å². The fraction of sp³-hybridized carbons (Fsp3) is 0.231. The Morgan fingerprint density at radius 1 is 1.38 bits per heavy atom. The smallest absolute Gasteiger partial charge is 0.416 e. The molecule has 2 aromatic rings. The minimum absolute atomic E-state index is 0.0707. The molecule has 0 radical (unpaired) electrons. The van der Waals surface area contributed by atoms with Gasteiger partial charge in [-0.05, 0) is 25.1 Å². The van der Waals surface area contributed by atoms with Gasteiger partial charge in [0.1, 0.15) is 11.6 Å². The number of halogens is 3. The van der Waals surface area contributed by atoms with Crippen LogP contribution in [0.4, 0.5) is 19.0 Å². The molecule has 2 N–H and O–H groups in total. The lowest BCUT2D eigenvalue weighted by Gasteiger charge is -2.11. The molecule has 0 fully saturated rings. The van der Waals surface area contributed by atoms with Crippen molar-refractivity contribution in [3.8, 4) is 5.69 Å². The van der Waals surface area contributed by atoms with E-state index in [0.717, 1.165) is 12.1 Å². The summed E-state index contributed by atoms with van der Waals surface area (Å²) >= 11 is 0. The Morgan fingerprint density at radius 3 is 2.62 bits per heavy atom. The van der Waals surface area contributed by atoms with Gasteiger partial charge in [0.15, 0.2) is 5.69 Å². The van der Waals surface area contributed by atoms with Gasteiger partial charge in [-0.3, -0.25) is 4.57 Å². The van der Waals surface area contributed by atoms with Crippen LogP contribution in [0.1, 0.15) is 21.9 Å². The van der Waals surface area contributed by atoms with E-state index in [0.29, 0.717) is 0 Å². The summed E-state index contributed by atoms with van der Waals surface area (Å²) in [4.78, 5) is 15.4. The van der Waals surface area contributed by atoms with E-state index in [4.69, 9.17) is 5.73 Å². The number of anilines is 1. The zero-order chi connectivity index (χ0) is 15.8. The van der Waals surface area contributed by atoms with E-state index in [1.54, 1.807) is 0 Å². The van der Waals surface area contributed by atoms with Gasteiger partial charge in [0, 0.05) is 5.69 Å². The van der Waals surface area contributed by atoms with Gasteiger partial charge in [-0.1, -0.05) is 6.07 Å². The number of esters is 1. The topological polar surface area (TPSA) is 70.1 Å². The Labute approximate surface area is 118 Å². The van der Waals surface area contributed by atoms with E-state index in [1.807, 2.05) is 0 Å². The summed E-state index contributed by atoms with van der Waals surface area (Å²) in [6.07, 6.45) is -4.47. The van der Waals surface area contributed by atoms with Crippen molar-refractivity contribution in [1.29, 1.82) is 0 Å². The second kappa shape index (κ2) is 5.12. The Bertz CT molecular complexity index is 692. The molecule has 5 nitrogen and oxygen atoms in total. The van der Waals surface area contributed by atoms with Crippen LogP contribution in [-0.2, 0) is 10.9 Å². The number of methoxy groups -OCH3 is 1. The molecule has 1 aromatic carbocycles. The molecule has 112 valence electrons. The molecule has 0 atom stereocenters. The monoisotopic (exact) mass is 299 g/mol. The SMILES string of the molecule is COC(=O)c1nc(C)n(-c2cccc(C(F)(F)F)c2)c1N. The molecular formula is C13H12F3N3O2. The highest BCUT2D eigenvalue weighted by molar-refractivity contribution is 5.92. The zero-order valence-corrected chi connectivity index (χ0v) is 11.2. The van der Waals surface area contributed by atoms with Crippen molar-refractivity contribution in [3.63, 3.8) is 0 Å². The first kappa shape index (κ1) is 14.9. The average molecular weight is 299 g/mol. The summed E-state index contributed by atoms with van der Waals surface area (Å²) in [5.74, 6) is -0.535. The molecule has 0 aliphatic heterocycles. The van der Waals surface area contributed by atoms with Crippen molar-refractivity contribution < 1.29 is 22.7 Å². The Kier molecular flexibility index (Phi) is 3.63. The Morgan fingerprint density at radius 2 is 2.05 bits per heavy atom. The number of rotatable bonds is 2. The fourth-order valence-electron chi connectivity index (χ4n) is 1.94. The predicted molar refractivity (Wildman–Crippen MR) is 69.1 cm³/mol. The van der Waals surface area contributed by atoms with Crippen LogP contribution in [-0.4, -0.2) is 22.6 Å². The largest absolute Gasteiger partial charge is 0.464 e. The van der Waals surface area contributed by atoms with Crippen molar-refractivity contribution in [1.82, 2.24) is 9.55 Å². The molecule has 0 aliphatic rings. The van der Waals surface area contributed by atoms with Crippen LogP contribution in [0, 0.1) is 6.92 Å².